The molecule has 0 aliphatic rings. The number of para-hydroxylation sites is 1. The average molecular weight is 315 g/mol. The summed E-state index contributed by atoms with van der Waals surface area (Å²) in [6, 6.07) is 4.60. The molecule has 0 saturated heterocycles. The lowest BCUT2D eigenvalue weighted by Crippen LogP contribution is -2.41. The molecule has 1 aromatic rings. The van der Waals surface area contributed by atoms with E-state index in [0.717, 1.165) is 11.2 Å². The summed E-state index contributed by atoms with van der Waals surface area (Å²) in [5, 5.41) is 18.0. The number of hydrogen-bond donors (Lipinski definition) is 3. The molecule has 8 heteroatoms. The monoisotopic (exact) mass is 315 g/mol. The third kappa shape index (κ3) is 3.91. The van der Waals surface area contributed by atoms with Crippen LogP contribution in [0.1, 0.15) is 17.3 Å². The Morgan fingerprint density at radius 1 is 1.35 bits per heavy atom. The van der Waals surface area contributed by atoms with Crippen LogP contribution in [-0.4, -0.2) is 43.3 Å². The van der Waals surface area contributed by atoms with Gasteiger partial charge in [-0.25, -0.2) is 4.79 Å². The van der Waals surface area contributed by atoms with Crippen molar-refractivity contribution >= 4 is 41.6 Å². The highest BCUT2D eigenvalue weighted by Gasteiger charge is 2.30. The van der Waals surface area contributed by atoms with E-state index in [1.165, 1.54) is 12.1 Å². The predicted octanol–water partition coefficient (Wildman–Crippen LogP) is 1.41. The molecule has 0 aliphatic carbocycles. The molecule has 0 bridgehead atoms. The largest absolute Gasteiger partial charge is 0.507 e. The Morgan fingerprint density at radius 2 is 1.95 bits per heavy atom. The molecule has 0 heterocycles. The summed E-state index contributed by atoms with van der Waals surface area (Å²) in [6.07, 6.45) is 0. The fourth-order valence-corrected chi connectivity index (χ4v) is 2.68. The van der Waals surface area contributed by atoms with Crippen LogP contribution in [0.3, 0.4) is 0 Å². The molecule has 1 aromatic carbocycles. The Kier molecular flexibility index (Phi) is 5.90. The lowest BCUT2D eigenvalue weighted by Gasteiger charge is -2.24. The van der Waals surface area contributed by atoms with E-state index in [2.05, 4.69) is 12.6 Å². The maximum absolute atomic E-state index is 12.0. The van der Waals surface area contributed by atoms with Gasteiger partial charge in [0.2, 0.25) is 11.0 Å². The van der Waals surface area contributed by atoms with Gasteiger partial charge >= 0.3 is 5.97 Å². The Balaban J connectivity index is 2.97. The van der Waals surface area contributed by atoms with Crippen molar-refractivity contribution in [2.24, 2.45) is 0 Å². The van der Waals surface area contributed by atoms with Gasteiger partial charge < -0.3 is 10.2 Å². The quantitative estimate of drug-likeness (QED) is 0.574. The second-order valence-corrected chi connectivity index (χ2v) is 5.09. The first-order valence-electron chi connectivity index (χ1n) is 5.52. The lowest BCUT2D eigenvalue weighted by atomic mass is 10.2. The molecular weight excluding hydrogens is 302 g/mol. The van der Waals surface area contributed by atoms with Gasteiger partial charge in [-0.15, -0.1) is 0 Å². The number of carbonyl (C=O) groups is 3. The van der Waals surface area contributed by atoms with Gasteiger partial charge in [-0.3, -0.25) is 13.9 Å². The smallest absolute Gasteiger partial charge is 0.328 e. The van der Waals surface area contributed by atoms with Crippen molar-refractivity contribution in [1.29, 1.82) is 0 Å². The first-order valence-corrected chi connectivity index (χ1v) is 6.92. The summed E-state index contributed by atoms with van der Waals surface area (Å²) >= 11 is 4.31. The van der Waals surface area contributed by atoms with Crippen LogP contribution in [0.4, 0.5) is 0 Å². The minimum Gasteiger partial charge on any atom is -0.507 e. The second-order valence-electron chi connectivity index (χ2n) is 3.78. The molecule has 1 atom stereocenters. The van der Waals surface area contributed by atoms with Gasteiger partial charge in [0, 0.05) is 24.6 Å². The first kappa shape index (κ1) is 16.4. The summed E-state index contributed by atoms with van der Waals surface area (Å²) < 4.78 is 0.837. The molecular formula is C12H13NO5S2. The van der Waals surface area contributed by atoms with E-state index in [9.17, 15) is 19.5 Å². The van der Waals surface area contributed by atoms with E-state index in [-0.39, 0.29) is 17.1 Å². The molecule has 0 aliphatic heterocycles. The lowest BCUT2D eigenvalue weighted by molar-refractivity contribution is -0.144. The van der Waals surface area contributed by atoms with Gasteiger partial charge in [0.15, 0.2) is 0 Å². The number of rotatable bonds is 4. The fourth-order valence-electron chi connectivity index (χ4n) is 1.38. The minimum absolute atomic E-state index is 0.00653. The van der Waals surface area contributed by atoms with Crippen LogP contribution in [0.2, 0.25) is 0 Å². The van der Waals surface area contributed by atoms with E-state index < -0.39 is 23.0 Å². The summed E-state index contributed by atoms with van der Waals surface area (Å²) in [6.45, 7) is 1.16. The van der Waals surface area contributed by atoms with Gasteiger partial charge in [0.25, 0.3) is 0 Å². The second kappa shape index (κ2) is 7.20. The SMILES string of the molecule is CC(=O)N(SC(=O)c1ccccc1O)[C@@H](CS)C(=O)O. The van der Waals surface area contributed by atoms with Crippen LogP contribution in [0.25, 0.3) is 0 Å². The van der Waals surface area contributed by atoms with E-state index >= 15 is 0 Å². The molecule has 0 fully saturated rings. The highest BCUT2D eigenvalue weighted by molar-refractivity contribution is 8.12. The summed E-state index contributed by atoms with van der Waals surface area (Å²) in [5.41, 5.74) is 0.00653. The van der Waals surface area contributed by atoms with Crippen molar-refractivity contribution in [3.63, 3.8) is 0 Å². The number of carboxylic acid groups (broad SMARTS) is 1. The molecule has 0 spiro atoms. The summed E-state index contributed by atoms with van der Waals surface area (Å²) in [5.74, 6) is -2.20. The van der Waals surface area contributed by atoms with Crippen LogP contribution >= 0.6 is 24.6 Å². The predicted molar refractivity (Wildman–Crippen MR) is 77.8 cm³/mol. The van der Waals surface area contributed by atoms with Gasteiger partial charge in [-0.2, -0.15) is 12.6 Å². The van der Waals surface area contributed by atoms with Gasteiger partial charge in [-0.05, 0) is 12.1 Å². The Labute approximate surface area is 125 Å². The van der Waals surface area contributed by atoms with Crippen molar-refractivity contribution in [1.82, 2.24) is 4.31 Å². The molecule has 0 radical (unpaired) electrons. The molecule has 0 aromatic heterocycles. The maximum Gasteiger partial charge on any atom is 0.328 e. The van der Waals surface area contributed by atoms with Crippen LogP contribution in [-0.2, 0) is 9.59 Å². The topological polar surface area (TPSA) is 94.9 Å². The zero-order chi connectivity index (χ0) is 15.3. The van der Waals surface area contributed by atoms with Crippen molar-refractivity contribution < 1.29 is 24.6 Å². The number of benzene rings is 1. The number of nitrogens with zero attached hydrogens (tertiary/aromatic N) is 1. The number of amides is 1. The first-order chi connectivity index (χ1) is 9.38. The Morgan fingerprint density at radius 3 is 2.40 bits per heavy atom. The number of phenolic OH excluding ortho intramolecular Hbond substituents is 1. The van der Waals surface area contributed by atoms with E-state index in [4.69, 9.17) is 5.11 Å². The molecule has 2 N–H and O–H groups in total. The molecule has 6 nitrogen and oxygen atoms in total. The summed E-state index contributed by atoms with van der Waals surface area (Å²) in [4.78, 5) is 34.6. The number of carboxylic acids is 1. The highest BCUT2D eigenvalue weighted by atomic mass is 32.2. The van der Waals surface area contributed by atoms with Gasteiger partial charge in [0.1, 0.15) is 11.8 Å². The fraction of sp³-hybridized carbons (Fsp3) is 0.250. The minimum atomic E-state index is -1.26. The van der Waals surface area contributed by atoms with E-state index in [0.29, 0.717) is 11.9 Å². The van der Waals surface area contributed by atoms with Crippen molar-refractivity contribution in [2.75, 3.05) is 5.75 Å². The van der Waals surface area contributed by atoms with E-state index in [1.807, 2.05) is 0 Å². The maximum atomic E-state index is 12.0. The van der Waals surface area contributed by atoms with E-state index in [1.54, 1.807) is 12.1 Å². The Bertz CT molecular complexity index is 534. The number of aromatic hydroxyl groups is 1. The third-order valence-corrected chi connectivity index (χ3v) is 3.80. The van der Waals surface area contributed by atoms with Crippen molar-refractivity contribution in [3.8, 4) is 5.75 Å². The van der Waals surface area contributed by atoms with Crippen molar-refractivity contribution in [2.45, 2.75) is 13.0 Å². The zero-order valence-electron chi connectivity index (χ0n) is 10.5. The number of thiol groups is 1. The normalized spacial score (nSPS) is 11.7. The van der Waals surface area contributed by atoms with Gasteiger partial charge in [-0.1, -0.05) is 12.1 Å². The summed E-state index contributed by atoms with van der Waals surface area (Å²) in [7, 11) is 0. The number of hydrogen-bond acceptors (Lipinski definition) is 6. The van der Waals surface area contributed by atoms with Crippen LogP contribution in [0, 0.1) is 0 Å². The average Bonchev–Trinajstić information content (AvgIpc) is 2.38. The van der Waals surface area contributed by atoms with Crippen LogP contribution in [0.5, 0.6) is 5.75 Å². The Hall–Kier alpha value is -1.67. The van der Waals surface area contributed by atoms with Crippen LogP contribution < -0.4 is 0 Å². The highest BCUT2D eigenvalue weighted by Crippen LogP contribution is 2.26. The number of aliphatic carboxylic acids is 1. The van der Waals surface area contributed by atoms with Crippen molar-refractivity contribution in [3.05, 3.63) is 29.8 Å². The molecule has 108 valence electrons. The zero-order valence-corrected chi connectivity index (χ0v) is 12.2. The number of carbonyl (C=O) groups excluding carboxylic acids is 2. The molecule has 1 rings (SSSR count). The molecule has 20 heavy (non-hydrogen) atoms. The molecule has 0 saturated carbocycles. The van der Waals surface area contributed by atoms with Crippen LogP contribution in [0.15, 0.2) is 24.3 Å². The standard InChI is InChI=1S/C12H13NO5S2/c1-7(14)13(9(6-19)11(16)17)20-12(18)8-4-2-3-5-10(8)15/h2-5,9,15,19H,6H2,1H3,(H,16,17)/t9-/m0/s1. The number of phenols is 1. The van der Waals surface area contributed by atoms with Gasteiger partial charge in [0.05, 0.1) is 5.56 Å². The third-order valence-electron chi connectivity index (χ3n) is 2.36. The molecule has 1 amide bonds. The molecule has 0 unspecified atom stereocenters.